The number of ether oxygens (including phenoxy) is 5. The summed E-state index contributed by atoms with van der Waals surface area (Å²) in [6.07, 6.45) is 3.03. The minimum absolute atomic E-state index is 0.0162. The summed E-state index contributed by atoms with van der Waals surface area (Å²) in [5.74, 6) is -0.698. The summed E-state index contributed by atoms with van der Waals surface area (Å²) in [5, 5.41) is 9.76. The third-order valence-corrected chi connectivity index (χ3v) is 10.9. The molecule has 280 valence electrons. The lowest BCUT2D eigenvalue weighted by Crippen LogP contribution is -2.32. The van der Waals surface area contributed by atoms with E-state index < -0.39 is 28.7 Å². The summed E-state index contributed by atoms with van der Waals surface area (Å²) in [4.78, 5) is 12.8. The Morgan fingerprint density at radius 1 is 0.727 bits per heavy atom. The average molecular weight is 815 g/mol. The molecule has 4 aromatic carbocycles. The van der Waals surface area contributed by atoms with Crippen LogP contribution in [0.5, 0.6) is 28.7 Å². The third kappa shape index (κ3) is 5.80. The summed E-state index contributed by atoms with van der Waals surface area (Å²) in [7, 11) is 0. The van der Waals surface area contributed by atoms with Crippen molar-refractivity contribution < 1.29 is 42.0 Å². The Morgan fingerprint density at radius 3 is 1.98 bits per heavy atom. The van der Waals surface area contributed by atoms with E-state index in [-0.39, 0.29) is 48.4 Å². The van der Waals surface area contributed by atoms with Gasteiger partial charge < -0.3 is 40.3 Å². The summed E-state index contributed by atoms with van der Waals surface area (Å²) in [6, 6.07) is 19.8. The van der Waals surface area contributed by atoms with Gasteiger partial charge in [0.2, 0.25) is 5.95 Å². The number of aromatic nitrogens is 1. The highest BCUT2D eigenvalue weighted by atomic mass is 79.9. The van der Waals surface area contributed by atoms with E-state index in [9.17, 15) is 13.9 Å². The van der Waals surface area contributed by atoms with Crippen molar-refractivity contribution in [3.8, 4) is 39.9 Å². The number of nitrogens with zero attached hydrogens (tertiary/aromatic N) is 3. The van der Waals surface area contributed by atoms with Gasteiger partial charge in [-0.25, -0.2) is 23.7 Å². The number of benzene rings is 4. The van der Waals surface area contributed by atoms with Gasteiger partial charge in [-0.2, -0.15) is 4.39 Å². The van der Waals surface area contributed by atoms with Crippen LogP contribution >= 0.6 is 15.9 Å². The van der Waals surface area contributed by atoms with Gasteiger partial charge in [0, 0.05) is 57.8 Å². The molecule has 6 heterocycles. The highest BCUT2D eigenvalue weighted by molar-refractivity contribution is 9.10. The Balaban J connectivity index is 0.000000157. The van der Waals surface area contributed by atoms with Crippen LogP contribution in [0.1, 0.15) is 46.6 Å². The number of halogens is 4. The molecule has 0 radical (unpaired) electrons. The zero-order valence-electron chi connectivity index (χ0n) is 28.8. The van der Waals surface area contributed by atoms with Gasteiger partial charge in [-0.15, -0.1) is 0 Å². The molecule has 5 aliphatic rings. The van der Waals surface area contributed by atoms with Crippen molar-refractivity contribution in [1.29, 1.82) is 0 Å². The lowest BCUT2D eigenvalue weighted by Gasteiger charge is -2.35. The summed E-state index contributed by atoms with van der Waals surface area (Å²) in [5.41, 5.74) is 13.6. The number of fused-ring (bicyclic) bond motifs is 8. The van der Waals surface area contributed by atoms with E-state index in [4.69, 9.17) is 35.2 Å². The maximum atomic E-state index is 15.4. The Kier molecular flexibility index (Phi) is 8.38. The molecule has 1 aromatic heterocycles. The number of phenolic OH excluding ortho intramolecular Hbond substituents is 1. The third-order valence-electron chi connectivity index (χ3n) is 10.4. The molecule has 5 aliphatic heterocycles. The molecule has 0 saturated carbocycles. The first-order chi connectivity index (χ1) is 26.5. The molecule has 0 bridgehead atoms. The number of hydrogen-bond acceptors (Lipinski definition) is 11. The molecule has 55 heavy (non-hydrogen) atoms. The Bertz CT molecular complexity index is 2460. The molecule has 10 rings (SSSR count). The second-order valence-corrected chi connectivity index (χ2v) is 14.6. The van der Waals surface area contributed by atoms with Crippen LogP contribution in [-0.2, 0) is 25.3 Å². The molecule has 5 N–H and O–H groups in total. The molecular weight excluding hydrogens is 783 g/mol. The predicted molar refractivity (Wildman–Crippen MR) is 198 cm³/mol. The van der Waals surface area contributed by atoms with Crippen LogP contribution in [-0.4, -0.2) is 48.6 Å². The van der Waals surface area contributed by atoms with E-state index >= 15 is 4.39 Å². The number of aromatic hydroxyl groups is 1. The maximum Gasteiger partial charge on any atom is 0.283 e. The van der Waals surface area contributed by atoms with Crippen LogP contribution in [0.15, 0.2) is 93.5 Å². The van der Waals surface area contributed by atoms with Crippen molar-refractivity contribution in [3.05, 3.63) is 129 Å². The van der Waals surface area contributed by atoms with Crippen LogP contribution in [0.3, 0.4) is 0 Å². The SMILES string of the molecule is NC1=N[C@@]2(CO1)c1cc(-c3cccnc3F)ccc1Oc1c(F)cc(C3CCOCC3)cc12.NC1=N[C@@]2(CO1)c1cc(Br)ccc1Oc1c(F)cc(O)cc12. The van der Waals surface area contributed by atoms with Crippen LogP contribution in [0.25, 0.3) is 11.1 Å². The van der Waals surface area contributed by atoms with E-state index in [2.05, 4.69) is 30.9 Å². The second-order valence-electron chi connectivity index (χ2n) is 13.7. The predicted octanol–water partition coefficient (Wildman–Crippen LogP) is 7.60. The number of pyridine rings is 1. The topological polar surface area (TPSA) is 156 Å². The van der Waals surface area contributed by atoms with Crippen molar-refractivity contribution in [1.82, 2.24) is 4.98 Å². The van der Waals surface area contributed by atoms with Gasteiger partial charge >= 0.3 is 0 Å². The largest absolute Gasteiger partial charge is 0.508 e. The average Bonchev–Trinajstić information content (AvgIpc) is 3.77. The molecule has 5 aromatic rings. The first-order valence-corrected chi connectivity index (χ1v) is 18.2. The number of nitrogens with two attached hydrogens (primary N) is 2. The fraction of sp³-hybridized carbons (Fsp3) is 0.225. The van der Waals surface area contributed by atoms with Crippen LogP contribution < -0.4 is 20.9 Å². The minimum atomic E-state index is -1.09. The summed E-state index contributed by atoms with van der Waals surface area (Å²) in [6.45, 7) is 1.49. The number of hydrogen-bond donors (Lipinski definition) is 3. The number of aliphatic imine (C=N–C) groups is 2. The molecule has 11 nitrogen and oxygen atoms in total. The van der Waals surface area contributed by atoms with E-state index in [1.165, 1.54) is 18.3 Å². The van der Waals surface area contributed by atoms with Gasteiger partial charge in [-0.05, 0) is 90.6 Å². The minimum Gasteiger partial charge on any atom is -0.508 e. The number of amidine groups is 2. The van der Waals surface area contributed by atoms with Crippen molar-refractivity contribution in [2.45, 2.75) is 29.8 Å². The quantitative estimate of drug-likeness (QED) is 0.153. The first-order valence-electron chi connectivity index (χ1n) is 17.4. The van der Waals surface area contributed by atoms with E-state index in [1.54, 1.807) is 42.5 Å². The maximum absolute atomic E-state index is 15.4. The van der Waals surface area contributed by atoms with Crippen LogP contribution in [0.4, 0.5) is 13.2 Å². The highest BCUT2D eigenvalue weighted by Gasteiger charge is 2.49. The molecule has 0 unspecified atom stereocenters. The summed E-state index contributed by atoms with van der Waals surface area (Å²) >= 11 is 3.41. The molecule has 0 amide bonds. The van der Waals surface area contributed by atoms with E-state index in [0.29, 0.717) is 58.1 Å². The van der Waals surface area contributed by atoms with Gasteiger partial charge in [0.25, 0.3) is 12.0 Å². The Morgan fingerprint density at radius 2 is 1.35 bits per heavy atom. The monoisotopic (exact) mass is 813 g/mol. The van der Waals surface area contributed by atoms with Crippen LogP contribution in [0.2, 0.25) is 0 Å². The summed E-state index contributed by atoms with van der Waals surface area (Å²) < 4.78 is 72.9. The zero-order valence-corrected chi connectivity index (χ0v) is 30.4. The lowest BCUT2D eigenvalue weighted by atomic mass is 9.78. The fourth-order valence-corrected chi connectivity index (χ4v) is 8.19. The Hall–Kier alpha value is -5.80. The molecule has 1 saturated heterocycles. The van der Waals surface area contributed by atoms with Crippen molar-refractivity contribution >= 4 is 28.0 Å². The highest BCUT2D eigenvalue weighted by Crippen LogP contribution is 2.55. The Labute approximate surface area is 320 Å². The van der Waals surface area contributed by atoms with Gasteiger partial charge in [-0.1, -0.05) is 22.0 Å². The van der Waals surface area contributed by atoms with Gasteiger partial charge in [-0.3, -0.25) is 0 Å². The first kappa shape index (κ1) is 34.9. The number of rotatable bonds is 2. The number of phenols is 1. The van der Waals surface area contributed by atoms with Crippen molar-refractivity contribution in [3.63, 3.8) is 0 Å². The smallest absolute Gasteiger partial charge is 0.283 e. The lowest BCUT2D eigenvalue weighted by molar-refractivity contribution is 0.0852. The van der Waals surface area contributed by atoms with Gasteiger partial charge in [0.1, 0.15) is 30.5 Å². The second kappa shape index (κ2) is 13.2. The standard InChI is InChI=1S/C25H21F2N3O3.C15H10BrFN2O3/c26-20-12-16(14-5-8-31-9-6-14)11-19-22(20)33-21-4-3-15(17-2-1-7-29-23(17)27)10-18(21)25(19)13-32-24(28)30-25;16-7-1-2-12-9(3-7)15(6-21-14(18)19-15)10-4-8(20)5-11(17)13(10)22-12/h1-4,7,10-12,14H,5-6,8-9,13H2,(H2,28,30);1-5,20H,6H2,(H2,18,19)/t25-;15-/m00/s1. The normalized spacial score (nSPS) is 21.7. The fourth-order valence-electron chi connectivity index (χ4n) is 7.83. The molecule has 1 fully saturated rings. The molecule has 15 heteroatoms. The van der Waals surface area contributed by atoms with Gasteiger partial charge in [0.15, 0.2) is 34.2 Å². The van der Waals surface area contributed by atoms with Crippen molar-refractivity contribution in [2.24, 2.45) is 21.5 Å². The molecule has 2 spiro atoms. The van der Waals surface area contributed by atoms with Gasteiger partial charge in [0.05, 0.1) is 0 Å². The zero-order chi connectivity index (χ0) is 38.1. The molecule has 2 atom stereocenters. The van der Waals surface area contributed by atoms with E-state index in [0.717, 1.165) is 28.9 Å². The van der Waals surface area contributed by atoms with E-state index in [1.807, 2.05) is 12.1 Å². The van der Waals surface area contributed by atoms with Crippen LogP contribution in [0, 0.1) is 17.6 Å². The molecular formula is C40H31BrF3N5O6. The molecule has 0 aliphatic carbocycles. The van der Waals surface area contributed by atoms with Crippen molar-refractivity contribution in [2.75, 3.05) is 26.4 Å².